The maximum Gasteiger partial charge on any atom is 0.330 e. The van der Waals surface area contributed by atoms with Gasteiger partial charge in [-0.25, -0.2) is 9.59 Å². The van der Waals surface area contributed by atoms with Crippen LogP contribution in [-0.2, 0) is 45.2 Å². The van der Waals surface area contributed by atoms with Gasteiger partial charge in [0.2, 0.25) is 0 Å². The molecule has 0 amide bonds. The van der Waals surface area contributed by atoms with Crippen LogP contribution in [0.4, 0.5) is 0 Å². The van der Waals surface area contributed by atoms with E-state index < -0.39 is 11.9 Å². The number of fused-ring (bicyclic) bond motifs is 12. The van der Waals surface area contributed by atoms with Crippen molar-refractivity contribution in [1.82, 2.24) is 18.3 Å². The van der Waals surface area contributed by atoms with Gasteiger partial charge in [0.1, 0.15) is 13.2 Å². The number of aliphatic hydroxyl groups excluding tert-OH is 2. The summed E-state index contributed by atoms with van der Waals surface area (Å²) in [5, 5.41) is 28.8. The second-order valence-corrected chi connectivity index (χ2v) is 17.7. The summed E-state index contributed by atoms with van der Waals surface area (Å²) >= 11 is 0. The largest absolute Gasteiger partial charge is 0.461 e. The number of hydrogen-bond donors (Lipinski definition) is 2. The molecule has 4 heterocycles. The maximum atomic E-state index is 11.7. The SMILES string of the molecule is C=CC(=O)OCCn1c2ccccc2c2cc(-c3cccc4c5ccccc5n(CCOC(=O)C=C)c34)ccc21.OCCn1c2ccccc2c2cc(-c3cccc4c5ccccc5n(CCO)c34)ccc21. The molecule has 10 heteroatoms. The minimum Gasteiger partial charge on any atom is -0.461 e. The lowest BCUT2D eigenvalue weighted by atomic mass is 10.00. The molecule has 0 aliphatic carbocycles. The smallest absolute Gasteiger partial charge is 0.330 e. The second-order valence-electron chi connectivity index (χ2n) is 17.7. The first-order valence-corrected chi connectivity index (χ1v) is 24.2. The van der Waals surface area contributed by atoms with Crippen LogP contribution in [0.25, 0.3) is 109 Å². The molecule has 0 saturated carbocycles. The van der Waals surface area contributed by atoms with Crippen LogP contribution in [0.3, 0.4) is 0 Å². The number of esters is 2. The van der Waals surface area contributed by atoms with E-state index in [0.717, 1.165) is 87.9 Å². The first-order valence-electron chi connectivity index (χ1n) is 24.2. The van der Waals surface area contributed by atoms with Crippen molar-refractivity contribution < 1.29 is 29.3 Å². The number of aliphatic hydroxyl groups is 2. The van der Waals surface area contributed by atoms with E-state index in [4.69, 9.17) is 9.47 Å². The lowest BCUT2D eigenvalue weighted by molar-refractivity contribution is -0.138. The Balaban J connectivity index is 0.000000159. The number of carbonyl (C=O) groups is 2. The van der Waals surface area contributed by atoms with Crippen molar-refractivity contribution in [3.05, 3.63) is 195 Å². The first-order chi connectivity index (χ1) is 35.4. The van der Waals surface area contributed by atoms with Gasteiger partial charge < -0.3 is 38.0 Å². The average Bonchev–Trinajstić information content (AvgIpc) is 4.14. The summed E-state index contributed by atoms with van der Waals surface area (Å²) < 4.78 is 19.5. The van der Waals surface area contributed by atoms with E-state index in [1.54, 1.807) is 0 Å². The fourth-order valence-corrected chi connectivity index (χ4v) is 10.9. The predicted octanol–water partition coefficient (Wildman–Crippen LogP) is 12.6. The van der Waals surface area contributed by atoms with E-state index in [1.165, 1.54) is 33.7 Å². The van der Waals surface area contributed by atoms with Crippen LogP contribution in [0.1, 0.15) is 0 Å². The molecule has 0 bridgehead atoms. The van der Waals surface area contributed by atoms with Crippen LogP contribution in [0.15, 0.2) is 195 Å². The number of para-hydroxylation sites is 6. The third-order valence-corrected chi connectivity index (χ3v) is 13.8. The van der Waals surface area contributed by atoms with Crippen molar-refractivity contribution in [2.75, 3.05) is 26.4 Å². The maximum absolute atomic E-state index is 11.7. The minimum atomic E-state index is -0.429. The van der Waals surface area contributed by atoms with Crippen LogP contribution in [-0.4, -0.2) is 66.8 Å². The molecule has 72 heavy (non-hydrogen) atoms. The van der Waals surface area contributed by atoms with Gasteiger partial charge in [-0.1, -0.05) is 134 Å². The Morgan fingerprint density at radius 1 is 0.389 bits per heavy atom. The number of nitrogens with zero attached hydrogens (tertiary/aromatic N) is 4. The summed E-state index contributed by atoms with van der Waals surface area (Å²) in [6, 6.07) is 59.3. The summed E-state index contributed by atoms with van der Waals surface area (Å²) in [4.78, 5) is 23.3. The molecular formula is C62H52N4O6. The number of ether oxygens (including phenoxy) is 2. The second kappa shape index (κ2) is 19.6. The zero-order valence-corrected chi connectivity index (χ0v) is 39.7. The number of benzene rings is 8. The molecule has 12 aromatic rings. The Hall–Kier alpha value is -8.70. The van der Waals surface area contributed by atoms with Crippen LogP contribution in [0, 0.1) is 0 Å². The quantitative estimate of drug-likeness (QED) is 0.0829. The van der Waals surface area contributed by atoms with Crippen molar-refractivity contribution in [3.8, 4) is 22.3 Å². The van der Waals surface area contributed by atoms with E-state index in [-0.39, 0.29) is 26.4 Å². The summed E-state index contributed by atoms with van der Waals surface area (Å²) in [6.07, 6.45) is 2.37. The topological polar surface area (TPSA) is 113 Å². The number of hydrogen-bond acceptors (Lipinski definition) is 6. The molecule has 0 aliphatic rings. The summed E-state index contributed by atoms with van der Waals surface area (Å²) in [5.41, 5.74) is 13.4. The van der Waals surface area contributed by atoms with Crippen LogP contribution in [0.2, 0.25) is 0 Å². The Morgan fingerprint density at radius 3 is 1.15 bits per heavy atom. The van der Waals surface area contributed by atoms with Gasteiger partial charge in [0, 0.05) is 113 Å². The van der Waals surface area contributed by atoms with E-state index in [1.807, 2.05) is 30.3 Å². The Bertz CT molecular complexity index is 4070. The van der Waals surface area contributed by atoms with Gasteiger partial charge >= 0.3 is 11.9 Å². The van der Waals surface area contributed by atoms with Gasteiger partial charge in [-0.3, -0.25) is 0 Å². The Labute approximate surface area is 415 Å². The predicted molar refractivity (Wildman–Crippen MR) is 292 cm³/mol. The monoisotopic (exact) mass is 948 g/mol. The van der Waals surface area contributed by atoms with Gasteiger partial charge in [0.25, 0.3) is 0 Å². The molecule has 0 unspecified atom stereocenters. The fraction of sp³-hybridized carbons (Fsp3) is 0.129. The lowest BCUT2D eigenvalue weighted by Gasteiger charge is -2.12. The molecule has 8 aromatic carbocycles. The van der Waals surface area contributed by atoms with E-state index >= 15 is 0 Å². The summed E-state index contributed by atoms with van der Waals surface area (Å²) in [5.74, 6) is -0.854. The van der Waals surface area contributed by atoms with E-state index in [2.05, 4.69) is 171 Å². The fourth-order valence-electron chi connectivity index (χ4n) is 10.9. The molecule has 4 aromatic heterocycles. The number of carbonyl (C=O) groups excluding carboxylic acids is 2. The van der Waals surface area contributed by atoms with Crippen molar-refractivity contribution >= 4 is 99.2 Å². The highest BCUT2D eigenvalue weighted by atomic mass is 16.5. The third kappa shape index (κ3) is 7.96. The zero-order valence-electron chi connectivity index (χ0n) is 39.7. The molecule has 0 saturated heterocycles. The number of rotatable bonds is 14. The molecule has 2 N–H and O–H groups in total. The van der Waals surface area contributed by atoms with Crippen molar-refractivity contribution in [1.29, 1.82) is 0 Å². The zero-order chi connectivity index (χ0) is 49.3. The highest BCUT2D eigenvalue weighted by Crippen LogP contribution is 2.41. The Kier molecular flexibility index (Phi) is 12.4. The van der Waals surface area contributed by atoms with Gasteiger partial charge in [-0.05, 0) is 59.7 Å². The van der Waals surface area contributed by atoms with Gasteiger partial charge in [0.15, 0.2) is 0 Å². The summed E-state index contributed by atoms with van der Waals surface area (Å²) in [6.45, 7) is 9.86. The Morgan fingerprint density at radius 2 is 0.722 bits per heavy atom. The van der Waals surface area contributed by atoms with Crippen LogP contribution >= 0.6 is 0 Å². The number of aromatic nitrogens is 4. The van der Waals surface area contributed by atoms with Gasteiger partial charge in [-0.15, -0.1) is 0 Å². The average molecular weight is 949 g/mol. The highest BCUT2D eigenvalue weighted by molar-refractivity contribution is 6.16. The molecular weight excluding hydrogens is 897 g/mol. The normalized spacial score (nSPS) is 11.6. The van der Waals surface area contributed by atoms with E-state index in [9.17, 15) is 19.8 Å². The van der Waals surface area contributed by atoms with Crippen molar-refractivity contribution in [2.24, 2.45) is 0 Å². The first kappa shape index (κ1) is 45.7. The van der Waals surface area contributed by atoms with Crippen LogP contribution in [0.5, 0.6) is 0 Å². The molecule has 0 atom stereocenters. The lowest BCUT2D eigenvalue weighted by Crippen LogP contribution is -2.09. The molecule has 0 fully saturated rings. The molecule has 356 valence electrons. The minimum absolute atomic E-state index is 0.0930. The summed E-state index contributed by atoms with van der Waals surface area (Å²) in [7, 11) is 0. The van der Waals surface area contributed by atoms with Crippen molar-refractivity contribution in [3.63, 3.8) is 0 Å². The van der Waals surface area contributed by atoms with Crippen molar-refractivity contribution in [2.45, 2.75) is 26.2 Å². The molecule has 10 nitrogen and oxygen atoms in total. The molecule has 0 spiro atoms. The molecule has 12 rings (SSSR count). The van der Waals surface area contributed by atoms with Crippen LogP contribution < -0.4 is 0 Å². The standard InChI is InChI=1S/C34H28N2O4.C28H24N2O2/c1-3-32(37)39-20-18-35-29-14-7-6-11-26(29)28-22-23(16-17-31(28)35)24-12-9-13-27-25-10-5-8-15-30(25)36(34(24)27)19-21-40-33(38)4-2;31-16-14-29-25-10-3-2-7-22(25)24-18-19(12-13-27(24)29)20-8-5-9-23-21-6-1-4-11-26(21)30(15-17-32)28(20)23/h3-17,22H,1-2,18-21H2;1-13,18,31-32H,14-17H2. The highest BCUT2D eigenvalue weighted by Gasteiger charge is 2.19. The van der Waals surface area contributed by atoms with E-state index in [0.29, 0.717) is 26.2 Å². The molecule has 0 radical (unpaired) electrons. The van der Waals surface area contributed by atoms with Gasteiger partial charge in [0.05, 0.1) is 37.3 Å². The van der Waals surface area contributed by atoms with Gasteiger partial charge in [-0.2, -0.15) is 0 Å². The molecule has 0 aliphatic heterocycles. The third-order valence-electron chi connectivity index (χ3n) is 13.8.